The normalized spacial score (nSPS) is 16.5. The van der Waals surface area contributed by atoms with E-state index in [2.05, 4.69) is 27.0 Å². The van der Waals surface area contributed by atoms with Gasteiger partial charge in [-0.2, -0.15) is 11.3 Å². The van der Waals surface area contributed by atoms with Crippen molar-refractivity contribution in [2.75, 3.05) is 33.4 Å². The molecule has 1 saturated heterocycles. The zero-order valence-corrected chi connectivity index (χ0v) is 17.7. The van der Waals surface area contributed by atoms with Crippen LogP contribution in [0.15, 0.2) is 41.1 Å². The third-order valence-electron chi connectivity index (χ3n) is 5.20. The predicted octanol–water partition coefficient (Wildman–Crippen LogP) is 2.66. The summed E-state index contributed by atoms with van der Waals surface area (Å²) >= 11 is 1.71. The highest BCUT2D eigenvalue weighted by Crippen LogP contribution is 2.19. The summed E-state index contributed by atoms with van der Waals surface area (Å²) in [5, 5.41) is 17.9. The van der Waals surface area contributed by atoms with Crippen molar-refractivity contribution in [3.63, 3.8) is 0 Å². The number of hydrogen-bond acceptors (Lipinski definition) is 7. The summed E-state index contributed by atoms with van der Waals surface area (Å²) in [4.78, 5) is 13.8. The molecular weight excluding hydrogens is 388 g/mol. The van der Waals surface area contributed by atoms with Crippen LogP contribution in [-0.2, 0) is 22.6 Å². The number of aliphatic hydroxyl groups is 1. The Kier molecular flexibility index (Phi) is 8.49. The fourth-order valence-corrected chi connectivity index (χ4v) is 4.18. The average molecular weight is 419 g/mol. The maximum absolute atomic E-state index is 11.6. The number of methoxy groups -OCH3 is 1. The standard InChI is InChI=1S/C22H30N2O4S/c1-27-22(26)19-6-9-24(10-7-19)14-20(25)15-28-21-4-2-17(3-5-21)12-23-13-18-8-11-29-16-18/h2-5,8,11,16,19-20,23,25H,6-7,9-10,12-15H2,1H3/t20-/m1/s1. The zero-order valence-electron chi connectivity index (χ0n) is 16.9. The second-order valence-electron chi connectivity index (χ2n) is 7.44. The lowest BCUT2D eigenvalue weighted by Crippen LogP contribution is -2.42. The smallest absolute Gasteiger partial charge is 0.308 e. The Hall–Kier alpha value is -1.93. The lowest BCUT2D eigenvalue weighted by molar-refractivity contribution is -0.147. The molecular formula is C22H30N2O4S. The number of benzene rings is 1. The highest BCUT2D eigenvalue weighted by molar-refractivity contribution is 7.07. The molecule has 29 heavy (non-hydrogen) atoms. The van der Waals surface area contributed by atoms with Crippen LogP contribution in [-0.4, -0.2) is 55.4 Å². The minimum absolute atomic E-state index is 0.0112. The van der Waals surface area contributed by atoms with Crippen molar-refractivity contribution in [3.05, 3.63) is 52.2 Å². The van der Waals surface area contributed by atoms with Gasteiger partial charge in [0.1, 0.15) is 18.5 Å². The fraction of sp³-hybridized carbons (Fsp3) is 0.500. The van der Waals surface area contributed by atoms with Gasteiger partial charge in [-0.15, -0.1) is 0 Å². The molecule has 0 amide bonds. The van der Waals surface area contributed by atoms with E-state index in [-0.39, 0.29) is 18.5 Å². The molecule has 0 saturated carbocycles. The Morgan fingerprint density at radius 1 is 1.21 bits per heavy atom. The first kappa shape index (κ1) is 21.8. The van der Waals surface area contributed by atoms with Crippen LogP contribution in [0.25, 0.3) is 0 Å². The number of carbonyl (C=O) groups is 1. The van der Waals surface area contributed by atoms with Gasteiger partial charge in [-0.25, -0.2) is 0 Å². The number of ether oxygens (including phenoxy) is 2. The summed E-state index contributed by atoms with van der Waals surface area (Å²) in [6.45, 7) is 4.07. The number of rotatable bonds is 10. The first-order valence-corrected chi connectivity index (χ1v) is 11.0. The van der Waals surface area contributed by atoms with E-state index < -0.39 is 6.10 Å². The molecule has 2 heterocycles. The monoisotopic (exact) mass is 418 g/mol. The lowest BCUT2D eigenvalue weighted by atomic mass is 9.97. The molecule has 1 aromatic heterocycles. The van der Waals surface area contributed by atoms with E-state index in [1.54, 1.807) is 11.3 Å². The molecule has 1 aliphatic rings. The number of carbonyl (C=O) groups excluding carboxylic acids is 1. The van der Waals surface area contributed by atoms with E-state index in [1.807, 2.05) is 24.3 Å². The number of nitrogens with one attached hydrogen (secondary N) is 1. The number of piperidine rings is 1. The van der Waals surface area contributed by atoms with E-state index in [0.717, 1.165) is 44.8 Å². The van der Waals surface area contributed by atoms with Crippen molar-refractivity contribution >= 4 is 17.3 Å². The molecule has 2 aromatic rings. The molecule has 1 aromatic carbocycles. The number of hydrogen-bond donors (Lipinski definition) is 2. The van der Waals surface area contributed by atoms with Crippen LogP contribution >= 0.6 is 11.3 Å². The Morgan fingerprint density at radius 3 is 2.59 bits per heavy atom. The van der Waals surface area contributed by atoms with Gasteiger partial charge in [0, 0.05) is 19.6 Å². The van der Waals surface area contributed by atoms with E-state index >= 15 is 0 Å². The summed E-state index contributed by atoms with van der Waals surface area (Å²) in [7, 11) is 1.43. The summed E-state index contributed by atoms with van der Waals surface area (Å²) < 4.78 is 10.5. The van der Waals surface area contributed by atoms with Gasteiger partial charge >= 0.3 is 5.97 Å². The summed E-state index contributed by atoms with van der Waals surface area (Å²) in [5.41, 5.74) is 2.50. The van der Waals surface area contributed by atoms with Crippen LogP contribution in [0.4, 0.5) is 0 Å². The molecule has 3 rings (SSSR count). The van der Waals surface area contributed by atoms with Crippen LogP contribution in [0, 0.1) is 5.92 Å². The molecule has 0 radical (unpaired) electrons. The number of aliphatic hydroxyl groups excluding tert-OH is 1. The van der Waals surface area contributed by atoms with Gasteiger partial charge in [0.05, 0.1) is 13.0 Å². The predicted molar refractivity (Wildman–Crippen MR) is 114 cm³/mol. The zero-order chi connectivity index (χ0) is 20.5. The summed E-state index contributed by atoms with van der Waals surface area (Å²) in [6, 6.07) is 10.1. The fourth-order valence-electron chi connectivity index (χ4n) is 3.51. The number of likely N-dealkylation sites (tertiary alicyclic amines) is 1. The summed E-state index contributed by atoms with van der Waals surface area (Å²) in [6.07, 6.45) is 1.00. The molecule has 2 N–H and O–H groups in total. The van der Waals surface area contributed by atoms with Crippen molar-refractivity contribution in [2.24, 2.45) is 5.92 Å². The Bertz CT molecular complexity index is 728. The number of esters is 1. The third-order valence-corrected chi connectivity index (χ3v) is 5.93. The molecule has 1 fully saturated rings. The second kappa shape index (κ2) is 11.3. The molecule has 1 aliphatic heterocycles. The van der Waals surface area contributed by atoms with Gasteiger partial charge in [-0.05, 0) is 66.0 Å². The Morgan fingerprint density at radius 2 is 1.93 bits per heavy atom. The first-order valence-electron chi connectivity index (χ1n) is 10.1. The van der Waals surface area contributed by atoms with Crippen LogP contribution in [0.1, 0.15) is 24.0 Å². The van der Waals surface area contributed by atoms with Gasteiger partial charge in [0.2, 0.25) is 0 Å². The van der Waals surface area contributed by atoms with E-state index in [1.165, 1.54) is 18.2 Å². The third kappa shape index (κ3) is 7.12. The SMILES string of the molecule is COC(=O)C1CCN(C[C@@H](O)COc2ccc(CNCc3ccsc3)cc2)CC1. The maximum atomic E-state index is 11.6. The van der Waals surface area contributed by atoms with Gasteiger partial charge < -0.3 is 24.8 Å². The van der Waals surface area contributed by atoms with Crippen molar-refractivity contribution in [1.29, 1.82) is 0 Å². The van der Waals surface area contributed by atoms with Gasteiger partial charge in [-0.1, -0.05) is 12.1 Å². The van der Waals surface area contributed by atoms with Crippen molar-refractivity contribution in [3.8, 4) is 5.75 Å². The molecule has 158 valence electrons. The topological polar surface area (TPSA) is 71.0 Å². The highest BCUT2D eigenvalue weighted by atomic mass is 32.1. The first-order chi connectivity index (χ1) is 14.1. The van der Waals surface area contributed by atoms with Crippen LogP contribution in [0.5, 0.6) is 5.75 Å². The van der Waals surface area contributed by atoms with Crippen molar-refractivity contribution < 1.29 is 19.4 Å². The van der Waals surface area contributed by atoms with Gasteiger partial charge in [0.15, 0.2) is 0 Å². The Labute approximate surface area is 176 Å². The largest absolute Gasteiger partial charge is 0.491 e. The molecule has 0 unspecified atom stereocenters. The molecule has 0 bridgehead atoms. The van der Waals surface area contributed by atoms with E-state index in [4.69, 9.17) is 9.47 Å². The molecule has 1 atom stereocenters. The number of nitrogens with zero attached hydrogens (tertiary/aromatic N) is 1. The van der Waals surface area contributed by atoms with Gasteiger partial charge in [0.25, 0.3) is 0 Å². The number of thiophene rings is 1. The summed E-state index contributed by atoms with van der Waals surface area (Å²) in [5.74, 6) is 0.622. The van der Waals surface area contributed by atoms with E-state index in [0.29, 0.717) is 6.54 Å². The van der Waals surface area contributed by atoms with Crippen LogP contribution in [0.3, 0.4) is 0 Å². The van der Waals surface area contributed by atoms with Gasteiger partial charge in [-0.3, -0.25) is 4.79 Å². The van der Waals surface area contributed by atoms with E-state index in [9.17, 15) is 9.90 Å². The van der Waals surface area contributed by atoms with Crippen molar-refractivity contribution in [2.45, 2.75) is 32.0 Å². The molecule has 6 nitrogen and oxygen atoms in total. The molecule has 7 heteroatoms. The van der Waals surface area contributed by atoms with Crippen LogP contribution < -0.4 is 10.1 Å². The quantitative estimate of drug-likeness (QED) is 0.578. The minimum atomic E-state index is -0.559. The molecule has 0 aliphatic carbocycles. The van der Waals surface area contributed by atoms with Crippen LogP contribution in [0.2, 0.25) is 0 Å². The Balaban J connectivity index is 1.32. The second-order valence-corrected chi connectivity index (χ2v) is 8.22. The molecule has 0 spiro atoms. The van der Waals surface area contributed by atoms with Crippen molar-refractivity contribution in [1.82, 2.24) is 10.2 Å². The highest BCUT2D eigenvalue weighted by Gasteiger charge is 2.26. The minimum Gasteiger partial charge on any atom is -0.491 e. The lowest BCUT2D eigenvalue weighted by Gasteiger charge is -2.31. The maximum Gasteiger partial charge on any atom is 0.308 e. The average Bonchev–Trinajstić information content (AvgIpc) is 3.27. The number of β-amino-alcohol motifs (C(OH)–C–C–N with tert-alkyl or cyclic N) is 1.